The Labute approximate surface area is 65.4 Å². The first kappa shape index (κ1) is 8.24. The number of ketones is 1. The summed E-state index contributed by atoms with van der Waals surface area (Å²) in [7, 11) is 0. The van der Waals surface area contributed by atoms with Gasteiger partial charge in [-0.3, -0.25) is 9.59 Å². The second kappa shape index (κ2) is 3.03. The molecule has 3 heteroatoms. The zero-order chi connectivity index (χ0) is 8.43. The van der Waals surface area contributed by atoms with Crippen LogP contribution in [0.25, 0.3) is 0 Å². The van der Waals surface area contributed by atoms with Crippen LogP contribution in [0, 0.1) is 11.8 Å². The highest BCUT2D eigenvalue weighted by Crippen LogP contribution is 2.28. The van der Waals surface area contributed by atoms with Gasteiger partial charge in [0.1, 0.15) is 5.78 Å². The Balaban J connectivity index is 2.49. The van der Waals surface area contributed by atoms with Gasteiger partial charge in [-0.05, 0) is 12.3 Å². The summed E-state index contributed by atoms with van der Waals surface area (Å²) in [6, 6.07) is 0. The topological polar surface area (TPSA) is 54.4 Å². The Morgan fingerprint density at radius 2 is 2.36 bits per heavy atom. The number of hydrogen-bond donors (Lipinski definition) is 1. The number of aliphatic carboxylic acids is 1. The molecule has 0 heterocycles. The van der Waals surface area contributed by atoms with Crippen LogP contribution in [0.4, 0.5) is 0 Å². The molecule has 1 aliphatic rings. The molecule has 2 atom stereocenters. The molecule has 1 rings (SSSR count). The van der Waals surface area contributed by atoms with E-state index in [9.17, 15) is 9.59 Å². The van der Waals surface area contributed by atoms with Gasteiger partial charge in [-0.2, -0.15) is 0 Å². The van der Waals surface area contributed by atoms with Gasteiger partial charge in [0.15, 0.2) is 0 Å². The zero-order valence-electron chi connectivity index (χ0n) is 6.54. The first-order chi connectivity index (χ1) is 5.11. The van der Waals surface area contributed by atoms with Crippen molar-refractivity contribution in [2.75, 3.05) is 0 Å². The first-order valence-corrected chi connectivity index (χ1v) is 3.85. The highest BCUT2D eigenvalue weighted by atomic mass is 16.4. The molecule has 0 aromatic heterocycles. The maximum Gasteiger partial charge on any atom is 0.306 e. The lowest BCUT2D eigenvalue weighted by Crippen LogP contribution is -2.18. The predicted octanol–water partition coefficient (Wildman–Crippen LogP) is 1.08. The summed E-state index contributed by atoms with van der Waals surface area (Å²) >= 11 is 0. The zero-order valence-corrected chi connectivity index (χ0v) is 6.54. The van der Waals surface area contributed by atoms with E-state index >= 15 is 0 Å². The molecular formula is C8H12O3. The van der Waals surface area contributed by atoms with Gasteiger partial charge in [-0.25, -0.2) is 0 Å². The van der Waals surface area contributed by atoms with Crippen molar-refractivity contribution in [2.45, 2.75) is 26.2 Å². The second-order valence-electron chi connectivity index (χ2n) is 3.17. The van der Waals surface area contributed by atoms with Crippen LogP contribution < -0.4 is 0 Å². The molecule has 0 aromatic rings. The predicted molar refractivity (Wildman–Crippen MR) is 39.1 cm³/mol. The van der Waals surface area contributed by atoms with Crippen LogP contribution in [0.15, 0.2) is 0 Å². The summed E-state index contributed by atoms with van der Waals surface area (Å²) in [4.78, 5) is 21.3. The highest BCUT2D eigenvalue weighted by Gasteiger charge is 2.30. The lowest BCUT2D eigenvalue weighted by Gasteiger charge is -2.11. The monoisotopic (exact) mass is 156 g/mol. The van der Waals surface area contributed by atoms with Crippen LogP contribution in [0.1, 0.15) is 26.2 Å². The van der Waals surface area contributed by atoms with Crippen LogP contribution >= 0.6 is 0 Å². The quantitative estimate of drug-likeness (QED) is 0.650. The number of carbonyl (C=O) groups excluding carboxylic acids is 1. The summed E-state index contributed by atoms with van der Waals surface area (Å²) in [6.45, 7) is 1.67. The fourth-order valence-electron chi connectivity index (χ4n) is 1.47. The lowest BCUT2D eigenvalue weighted by atomic mass is 9.93. The third kappa shape index (κ3) is 1.79. The molecule has 0 saturated heterocycles. The van der Waals surface area contributed by atoms with E-state index in [1.165, 1.54) is 0 Å². The fraction of sp³-hybridized carbons (Fsp3) is 0.750. The van der Waals surface area contributed by atoms with Gasteiger partial charge in [0.2, 0.25) is 0 Å². The fourth-order valence-corrected chi connectivity index (χ4v) is 1.47. The van der Waals surface area contributed by atoms with Crippen LogP contribution in [0.5, 0.6) is 0 Å². The van der Waals surface area contributed by atoms with E-state index in [-0.39, 0.29) is 17.6 Å². The Morgan fingerprint density at radius 3 is 2.73 bits per heavy atom. The van der Waals surface area contributed by atoms with E-state index in [2.05, 4.69) is 0 Å². The number of carboxylic acids is 1. The number of carboxylic acid groups (broad SMARTS) is 1. The van der Waals surface area contributed by atoms with Crippen molar-refractivity contribution in [3.05, 3.63) is 0 Å². The molecule has 1 N–H and O–H groups in total. The molecule has 1 saturated carbocycles. The smallest absolute Gasteiger partial charge is 0.306 e. The molecule has 1 fully saturated rings. The van der Waals surface area contributed by atoms with Crippen molar-refractivity contribution in [3.63, 3.8) is 0 Å². The van der Waals surface area contributed by atoms with Gasteiger partial charge in [0.05, 0.1) is 5.92 Å². The minimum atomic E-state index is -0.787. The summed E-state index contributed by atoms with van der Waals surface area (Å²) in [5.74, 6) is -0.853. The highest BCUT2D eigenvalue weighted by molar-refractivity contribution is 5.82. The van der Waals surface area contributed by atoms with Crippen LogP contribution in [0.3, 0.4) is 0 Å². The Morgan fingerprint density at radius 1 is 1.73 bits per heavy atom. The minimum absolute atomic E-state index is 0.0833. The lowest BCUT2D eigenvalue weighted by molar-refractivity contribution is -0.142. The van der Waals surface area contributed by atoms with Crippen molar-refractivity contribution < 1.29 is 14.7 Å². The Hall–Kier alpha value is -0.860. The molecule has 0 aliphatic heterocycles. The maximum atomic E-state index is 10.8. The molecule has 0 bridgehead atoms. The summed E-state index contributed by atoms with van der Waals surface area (Å²) in [6.07, 6.45) is 1.79. The van der Waals surface area contributed by atoms with Crippen LogP contribution in [0.2, 0.25) is 0 Å². The van der Waals surface area contributed by atoms with Crippen molar-refractivity contribution in [2.24, 2.45) is 11.8 Å². The third-order valence-corrected chi connectivity index (χ3v) is 2.38. The van der Waals surface area contributed by atoms with Gasteiger partial charge < -0.3 is 5.11 Å². The first-order valence-electron chi connectivity index (χ1n) is 3.85. The molecule has 1 aliphatic carbocycles. The Kier molecular flexibility index (Phi) is 2.27. The van der Waals surface area contributed by atoms with E-state index in [1.807, 2.05) is 0 Å². The van der Waals surface area contributed by atoms with Crippen molar-refractivity contribution >= 4 is 11.8 Å². The SMILES string of the molecule is CC(C(=O)O)C1CCC(=O)C1. The van der Waals surface area contributed by atoms with Gasteiger partial charge >= 0.3 is 5.97 Å². The molecule has 0 amide bonds. The van der Waals surface area contributed by atoms with E-state index in [1.54, 1.807) is 6.92 Å². The third-order valence-electron chi connectivity index (χ3n) is 2.38. The molecule has 0 radical (unpaired) electrons. The molecular weight excluding hydrogens is 144 g/mol. The van der Waals surface area contributed by atoms with Gasteiger partial charge in [-0.15, -0.1) is 0 Å². The molecule has 11 heavy (non-hydrogen) atoms. The average molecular weight is 156 g/mol. The summed E-state index contributed by atoms with van der Waals surface area (Å²) < 4.78 is 0. The van der Waals surface area contributed by atoms with Gasteiger partial charge in [0.25, 0.3) is 0 Å². The van der Waals surface area contributed by atoms with Crippen LogP contribution in [-0.4, -0.2) is 16.9 Å². The summed E-state index contributed by atoms with van der Waals surface area (Å²) in [5.41, 5.74) is 0. The van der Waals surface area contributed by atoms with Crippen molar-refractivity contribution in [1.82, 2.24) is 0 Å². The number of Topliss-reactive ketones (excluding diaryl/α,β-unsaturated/α-hetero) is 1. The number of hydrogen-bond acceptors (Lipinski definition) is 2. The van der Waals surface area contributed by atoms with Crippen LogP contribution in [-0.2, 0) is 9.59 Å². The molecule has 0 aromatic carbocycles. The van der Waals surface area contributed by atoms with E-state index in [4.69, 9.17) is 5.11 Å². The largest absolute Gasteiger partial charge is 0.481 e. The molecule has 2 unspecified atom stereocenters. The average Bonchev–Trinajstić information content (AvgIpc) is 2.34. The Bertz CT molecular complexity index is 186. The number of carbonyl (C=O) groups is 2. The second-order valence-corrected chi connectivity index (χ2v) is 3.17. The number of rotatable bonds is 2. The van der Waals surface area contributed by atoms with E-state index < -0.39 is 5.97 Å². The van der Waals surface area contributed by atoms with E-state index in [0.717, 1.165) is 6.42 Å². The van der Waals surface area contributed by atoms with Gasteiger partial charge in [-0.1, -0.05) is 6.92 Å². The van der Waals surface area contributed by atoms with E-state index in [0.29, 0.717) is 12.8 Å². The molecule has 62 valence electrons. The maximum absolute atomic E-state index is 10.8. The van der Waals surface area contributed by atoms with Crippen molar-refractivity contribution in [3.8, 4) is 0 Å². The molecule has 0 spiro atoms. The van der Waals surface area contributed by atoms with Crippen molar-refractivity contribution in [1.29, 1.82) is 0 Å². The minimum Gasteiger partial charge on any atom is -0.481 e. The standard InChI is InChI=1S/C8H12O3/c1-5(8(10)11)6-2-3-7(9)4-6/h5-6H,2-4H2,1H3,(H,10,11). The molecule has 3 nitrogen and oxygen atoms in total. The van der Waals surface area contributed by atoms with Gasteiger partial charge in [0, 0.05) is 12.8 Å². The summed E-state index contributed by atoms with van der Waals surface area (Å²) in [5, 5.41) is 8.62. The normalized spacial score (nSPS) is 27.0.